The van der Waals surface area contributed by atoms with Crippen molar-refractivity contribution in [1.82, 2.24) is 9.97 Å². The highest BCUT2D eigenvalue weighted by Gasteiger charge is 2.50. The van der Waals surface area contributed by atoms with Gasteiger partial charge < -0.3 is 9.74 Å². The molecule has 1 N–H and O–H groups in total. The number of anilines is 5. The summed E-state index contributed by atoms with van der Waals surface area (Å²) >= 11 is 6.74. The number of amides is 2. The van der Waals surface area contributed by atoms with Crippen LogP contribution in [0.3, 0.4) is 0 Å². The molecule has 0 saturated heterocycles. The molecule has 0 unspecified atom stereocenters. The van der Waals surface area contributed by atoms with Crippen molar-refractivity contribution >= 4 is 65.2 Å². The molecule has 1 aromatic heterocycles. The lowest BCUT2D eigenvalue weighted by atomic mass is 10.1. The third-order valence-corrected chi connectivity index (χ3v) is 14.9. The zero-order chi connectivity index (χ0) is 36.3. The molecule has 5 aromatic carbocycles. The van der Waals surface area contributed by atoms with Crippen LogP contribution >= 0.6 is 11.6 Å². The summed E-state index contributed by atoms with van der Waals surface area (Å²) in [4.78, 5) is 27.6. The Balaban J connectivity index is 1.24. The van der Waals surface area contributed by atoms with Crippen molar-refractivity contribution in [3.8, 4) is 0 Å². The van der Waals surface area contributed by atoms with E-state index < -0.39 is 8.32 Å². The van der Waals surface area contributed by atoms with Crippen LogP contribution in [0.2, 0.25) is 10.1 Å². The Bertz CT molecular complexity index is 2120. The number of para-hydroxylation sites is 2. The maximum absolute atomic E-state index is 14.6. The third-order valence-electron chi connectivity index (χ3n) is 9.59. The molecule has 262 valence electrons. The summed E-state index contributed by atoms with van der Waals surface area (Å²) in [5, 5.41) is 6.15. The Morgan fingerprint density at radius 1 is 0.827 bits per heavy atom. The van der Waals surface area contributed by atoms with Crippen molar-refractivity contribution in [2.24, 2.45) is 0 Å². The fourth-order valence-corrected chi connectivity index (χ4v) is 12.1. The largest absolute Gasteiger partial charge is 0.407 e. The summed E-state index contributed by atoms with van der Waals surface area (Å²) in [5.41, 5.74) is 4.98. The fourth-order valence-electron chi connectivity index (χ4n) is 7.17. The van der Waals surface area contributed by atoms with E-state index in [1.807, 2.05) is 67.6 Å². The van der Waals surface area contributed by atoms with Gasteiger partial charge >= 0.3 is 6.03 Å². The smallest absolute Gasteiger partial charge is 0.335 e. The number of carbonyl (C=O) groups excluding carboxylic acids is 1. The first kappa shape index (κ1) is 35.1. The van der Waals surface area contributed by atoms with Gasteiger partial charge in [0, 0.05) is 24.1 Å². The topological polar surface area (TPSA) is 70.6 Å². The molecule has 0 saturated carbocycles. The molecular weight excluding hydrogens is 682 g/mol. The average molecular weight is 724 g/mol. The number of nitrogens with one attached hydrogen (secondary N) is 1. The highest BCUT2D eigenvalue weighted by atomic mass is 35.5. The summed E-state index contributed by atoms with van der Waals surface area (Å²) in [7, 11) is -2.71. The van der Waals surface area contributed by atoms with Crippen LogP contribution in [0.15, 0.2) is 140 Å². The van der Waals surface area contributed by atoms with Crippen molar-refractivity contribution in [1.29, 1.82) is 0 Å². The van der Waals surface area contributed by atoms with Crippen LogP contribution in [-0.2, 0) is 17.4 Å². The molecule has 0 spiro atoms. The predicted molar refractivity (Wildman–Crippen MR) is 215 cm³/mol. The molecule has 0 bridgehead atoms. The number of benzene rings is 5. The van der Waals surface area contributed by atoms with E-state index in [2.05, 4.69) is 104 Å². The highest BCUT2D eigenvalue weighted by Crippen LogP contribution is 2.40. The zero-order valence-corrected chi connectivity index (χ0v) is 31.6. The van der Waals surface area contributed by atoms with Gasteiger partial charge in [0.05, 0.1) is 22.9 Å². The van der Waals surface area contributed by atoms with E-state index >= 15 is 0 Å². The number of carbonyl (C=O) groups is 1. The standard InChI is InChI=1S/C43H42ClN5O2Si/c1-31-16-14-25-38(44)39(31)48-30-33-29-45-41(46-34-18-8-5-9-19-34)47-40(33)49(42(48)50)35-20-15-17-32(28-35)26-27-51-52(43(2,3)4,36-21-10-6-11-22-36)37-23-12-7-13-24-37/h5-25,28-29H,26-27,30H2,1-4H3,(H,45,46,47). The summed E-state index contributed by atoms with van der Waals surface area (Å²) in [6, 6.07) is 44.6. The highest BCUT2D eigenvalue weighted by molar-refractivity contribution is 6.99. The number of nitrogens with zero attached hydrogens (tertiary/aromatic N) is 4. The SMILES string of the molecule is Cc1cccc(Cl)c1N1Cc2cnc(Nc3ccccc3)nc2N(c2cccc(CCO[Si](c3ccccc3)(c3ccccc3)C(C)(C)C)c2)C1=O. The molecule has 7 nitrogen and oxygen atoms in total. The van der Waals surface area contributed by atoms with Gasteiger partial charge in [0.25, 0.3) is 8.32 Å². The fraction of sp³-hybridized carbons (Fsp3) is 0.186. The number of hydrogen-bond acceptors (Lipinski definition) is 5. The second-order valence-corrected chi connectivity index (χ2v) is 18.8. The van der Waals surface area contributed by atoms with Crippen LogP contribution in [0.4, 0.5) is 33.6 Å². The van der Waals surface area contributed by atoms with Crippen LogP contribution in [0.5, 0.6) is 0 Å². The van der Waals surface area contributed by atoms with Crippen molar-refractivity contribution in [2.45, 2.75) is 45.7 Å². The molecule has 9 heteroatoms. The van der Waals surface area contributed by atoms with Gasteiger partial charge in [-0.25, -0.2) is 14.7 Å². The molecule has 0 radical (unpaired) electrons. The molecule has 52 heavy (non-hydrogen) atoms. The first-order valence-electron chi connectivity index (χ1n) is 17.5. The molecule has 6 aromatic rings. The normalized spacial score (nSPS) is 13.2. The van der Waals surface area contributed by atoms with Gasteiger partial charge in [-0.2, -0.15) is 4.98 Å². The minimum absolute atomic E-state index is 0.132. The van der Waals surface area contributed by atoms with Gasteiger partial charge in [-0.1, -0.05) is 136 Å². The molecule has 0 aliphatic carbocycles. The first-order chi connectivity index (χ1) is 25.2. The minimum atomic E-state index is -2.71. The Hall–Kier alpha value is -5.28. The van der Waals surface area contributed by atoms with Crippen molar-refractivity contribution < 1.29 is 9.22 Å². The summed E-state index contributed by atoms with van der Waals surface area (Å²) in [6.45, 7) is 9.62. The lowest BCUT2D eigenvalue weighted by Crippen LogP contribution is -2.66. The third kappa shape index (κ3) is 6.85. The van der Waals surface area contributed by atoms with Crippen molar-refractivity contribution in [3.05, 3.63) is 161 Å². The van der Waals surface area contributed by atoms with Gasteiger partial charge in [0.2, 0.25) is 5.95 Å². The Morgan fingerprint density at radius 3 is 2.10 bits per heavy atom. The van der Waals surface area contributed by atoms with E-state index in [1.165, 1.54) is 10.4 Å². The maximum Gasteiger partial charge on any atom is 0.335 e. The summed E-state index contributed by atoms with van der Waals surface area (Å²) in [5.74, 6) is 0.931. The van der Waals surface area contributed by atoms with E-state index in [0.29, 0.717) is 41.2 Å². The van der Waals surface area contributed by atoms with Crippen LogP contribution in [0, 0.1) is 6.92 Å². The van der Waals surface area contributed by atoms with E-state index in [9.17, 15) is 4.79 Å². The Kier molecular flexibility index (Phi) is 9.97. The first-order valence-corrected chi connectivity index (χ1v) is 19.8. The Morgan fingerprint density at radius 2 is 1.46 bits per heavy atom. The van der Waals surface area contributed by atoms with Gasteiger partial charge in [-0.15, -0.1) is 0 Å². The summed E-state index contributed by atoms with van der Waals surface area (Å²) in [6.07, 6.45) is 2.44. The van der Waals surface area contributed by atoms with Crippen molar-refractivity contribution in [3.63, 3.8) is 0 Å². The van der Waals surface area contributed by atoms with Gasteiger partial charge in [-0.05, 0) is 70.2 Å². The number of urea groups is 1. The number of halogens is 1. The van der Waals surface area contributed by atoms with Crippen LogP contribution in [0.25, 0.3) is 0 Å². The molecule has 1 aliphatic rings. The van der Waals surface area contributed by atoms with Gasteiger partial charge in [0.1, 0.15) is 0 Å². The molecular formula is C43H42ClN5O2Si. The second-order valence-electron chi connectivity index (χ2n) is 14.1. The maximum atomic E-state index is 14.6. The number of rotatable bonds is 10. The lowest BCUT2D eigenvalue weighted by molar-refractivity contribution is 0.252. The average Bonchev–Trinajstić information content (AvgIpc) is 3.14. The molecule has 0 fully saturated rings. The van der Waals surface area contributed by atoms with Crippen LogP contribution in [-0.4, -0.2) is 30.9 Å². The zero-order valence-electron chi connectivity index (χ0n) is 29.9. The second kappa shape index (κ2) is 14.8. The molecule has 7 rings (SSSR count). The molecule has 0 atom stereocenters. The quantitative estimate of drug-likeness (QED) is 0.143. The van der Waals surface area contributed by atoms with E-state index in [1.54, 1.807) is 16.0 Å². The van der Waals surface area contributed by atoms with Crippen molar-refractivity contribution in [2.75, 3.05) is 21.7 Å². The van der Waals surface area contributed by atoms with Crippen LogP contribution < -0.4 is 25.5 Å². The van der Waals surface area contributed by atoms with Gasteiger partial charge in [-0.3, -0.25) is 4.90 Å². The number of aromatic nitrogens is 2. The predicted octanol–water partition coefficient (Wildman–Crippen LogP) is 9.58. The molecule has 1 aliphatic heterocycles. The molecule has 2 amide bonds. The van der Waals surface area contributed by atoms with E-state index in [4.69, 9.17) is 21.0 Å². The van der Waals surface area contributed by atoms with Crippen LogP contribution in [0.1, 0.15) is 37.5 Å². The van der Waals surface area contributed by atoms with E-state index in [-0.39, 0.29) is 17.6 Å². The lowest BCUT2D eigenvalue weighted by Gasteiger charge is -2.43. The number of aryl methyl sites for hydroxylation is 1. The Labute approximate surface area is 312 Å². The number of fused-ring (bicyclic) bond motifs is 1. The number of hydrogen-bond donors (Lipinski definition) is 1. The van der Waals surface area contributed by atoms with Gasteiger partial charge in [0.15, 0.2) is 5.82 Å². The monoisotopic (exact) mass is 723 g/mol. The summed E-state index contributed by atoms with van der Waals surface area (Å²) < 4.78 is 7.21. The van der Waals surface area contributed by atoms with E-state index in [0.717, 1.165) is 22.4 Å². The minimum Gasteiger partial charge on any atom is -0.407 e. The molecule has 2 heterocycles.